The van der Waals surface area contributed by atoms with Crippen molar-refractivity contribution < 1.29 is 9.53 Å². The highest BCUT2D eigenvalue weighted by Crippen LogP contribution is 2.26. The average Bonchev–Trinajstić information content (AvgIpc) is 2.46. The molecule has 104 valence electrons. The van der Waals surface area contributed by atoms with E-state index in [1.165, 1.54) is 13.5 Å². The van der Waals surface area contributed by atoms with E-state index in [9.17, 15) is 4.79 Å². The van der Waals surface area contributed by atoms with Gasteiger partial charge in [-0.15, -0.1) is 10.2 Å². The predicted molar refractivity (Wildman–Crippen MR) is 72.0 cm³/mol. The molecule has 0 aromatic carbocycles. The molecule has 1 aromatic rings. The van der Waals surface area contributed by atoms with Crippen LogP contribution in [0.5, 0.6) is 0 Å². The minimum atomic E-state index is -0.471. The fourth-order valence-corrected chi connectivity index (χ4v) is 2.58. The molecule has 0 bridgehead atoms. The molecule has 2 heterocycles. The molecule has 6 heteroatoms. The number of anilines is 1. The zero-order valence-electron chi connectivity index (χ0n) is 11.4. The second-order valence-corrected chi connectivity index (χ2v) is 4.88. The molecule has 0 radical (unpaired) electrons. The van der Waals surface area contributed by atoms with Crippen molar-refractivity contribution in [3.05, 3.63) is 17.8 Å². The number of ether oxygens (including phenoxy) is 1. The highest BCUT2D eigenvalue weighted by atomic mass is 16.5. The minimum absolute atomic E-state index is 0.223. The predicted octanol–water partition coefficient (Wildman–Crippen LogP) is 0.827. The van der Waals surface area contributed by atoms with Crippen molar-refractivity contribution in [2.45, 2.75) is 25.8 Å². The van der Waals surface area contributed by atoms with Gasteiger partial charge in [0.05, 0.1) is 7.11 Å². The third-order valence-electron chi connectivity index (χ3n) is 3.70. The molecule has 2 rings (SSSR count). The van der Waals surface area contributed by atoms with Gasteiger partial charge in [0.1, 0.15) is 0 Å². The van der Waals surface area contributed by atoms with Crippen LogP contribution in [0.4, 0.5) is 5.82 Å². The van der Waals surface area contributed by atoms with E-state index < -0.39 is 5.97 Å². The van der Waals surface area contributed by atoms with E-state index in [2.05, 4.69) is 26.8 Å². The van der Waals surface area contributed by atoms with Crippen LogP contribution in [0.25, 0.3) is 0 Å². The largest absolute Gasteiger partial charge is 0.464 e. The molecule has 0 saturated carbocycles. The van der Waals surface area contributed by atoms with Gasteiger partial charge in [0.25, 0.3) is 0 Å². The molecule has 0 aliphatic carbocycles. The molecule has 0 amide bonds. The zero-order valence-corrected chi connectivity index (χ0v) is 11.4. The Kier molecular flexibility index (Phi) is 4.31. The fraction of sp³-hybridized carbons (Fsp3) is 0.615. The lowest BCUT2D eigenvalue weighted by Gasteiger charge is -2.39. The van der Waals surface area contributed by atoms with E-state index in [-0.39, 0.29) is 11.7 Å². The van der Waals surface area contributed by atoms with E-state index in [4.69, 9.17) is 5.73 Å². The molecule has 0 spiro atoms. The van der Waals surface area contributed by atoms with Gasteiger partial charge in [-0.1, -0.05) is 6.92 Å². The molecule has 19 heavy (non-hydrogen) atoms. The molecule has 2 unspecified atom stereocenters. The third kappa shape index (κ3) is 2.84. The lowest BCUT2D eigenvalue weighted by atomic mass is 9.91. The summed E-state index contributed by atoms with van der Waals surface area (Å²) in [7, 11) is 1.33. The summed E-state index contributed by atoms with van der Waals surface area (Å²) in [5.41, 5.74) is 6.08. The minimum Gasteiger partial charge on any atom is -0.464 e. The maximum absolute atomic E-state index is 11.3. The summed E-state index contributed by atoms with van der Waals surface area (Å²) in [6, 6.07) is 3.73. The van der Waals surface area contributed by atoms with Gasteiger partial charge in [-0.2, -0.15) is 0 Å². The zero-order chi connectivity index (χ0) is 13.8. The van der Waals surface area contributed by atoms with Crippen molar-refractivity contribution in [3.8, 4) is 0 Å². The van der Waals surface area contributed by atoms with Gasteiger partial charge in [0.2, 0.25) is 0 Å². The fourth-order valence-electron chi connectivity index (χ4n) is 2.58. The van der Waals surface area contributed by atoms with E-state index in [0.29, 0.717) is 12.5 Å². The van der Waals surface area contributed by atoms with Crippen LogP contribution in [0, 0.1) is 5.92 Å². The van der Waals surface area contributed by atoms with Crippen molar-refractivity contribution in [1.82, 2.24) is 10.2 Å². The van der Waals surface area contributed by atoms with Gasteiger partial charge < -0.3 is 15.4 Å². The number of esters is 1. The maximum Gasteiger partial charge on any atom is 0.358 e. The van der Waals surface area contributed by atoms with Gasteiger partial charge in [-0.05, 0) is 30.9 Å². The Morgan fingerprint density at radius 2 is 2.32 bits per heavy atom. The molecule has 2 N–H and O–H groups in total. The van der Waals surface area contributed by atoms with E-state index >= 15 is 0 Å². The van der Waals surface area contributed by atoms with Crippen molar-refractivity contribution in [1.29, 1.82) is 0 Å². The van der Waals surface area contributed by atoms with Crippen LogP contribution >= 0.6 is 0 Å². The van der Waals surface area contributed by atoms with Gasteiger partial charge in [-0.3, -0.25) is 0 Å². The number of aromatic nitrogens is 2. The Morgan fingerprint density at radius 3 is 2.89 bits per heavy atom. The molecule has 1 saturated heterocycles. The average molecular weight is 264 g/mol. The number of hydrogen-bond acceptors (Lipinski definition) is 6. The summed E-state index contributed by atoms with van der Waals surface area (Å²) in [6.45, 7) is 3.74. The monoisotopic (exact) mass is 264 g/mol. The number of carbonyl (C=O) groups is 1. The molecular formula is C13H20N4O2. The van der Waals surface area contributed by atoms with Crippen LogP contribution in [0.2, 0.25) is 0 Å². The number of carbonyl (C=O) groups excluding carboxylic acids is 1. The second-order valence-electron chi connectivity index (χ2n) is 4.88. The Morgan fingerprint density at radius 1 is 1.53 bits per heavy atom. The first-order valence-corrected chi connectivity index (χ1v) is 6.56. The molecule has 1 aromatic heterocycles. The van der Waals surface area contributed by atoms with Crippen LogP contribution in [0.1, 0.15) is 30.3 Å². The maximum atomic E-state index is 11.3. The highest BCUT2D eigenvalue weighted by Gasteiger charge is 2.28. The van der Waals surface area contributed by atoms with Crippen LogP contribution in [0.15, 0.2) is 12.1 Å². The lowest BCUT2D eigenvalue weighted by Crippen LogP contribution is -2.49. The molecule has 1 aliphatic rings. The number of piperidine rings is 1. The Hall–Kier alpha value is -1.69. The number of rotatable bonds is 3. The van der Waals surface area contributed by atoms with Gasteiger partial charge in [-0.25, -0.2) is 4.79 Å². The van der Waals surface area contributed by atoms with Crippen LogP contribution < -0.4 is 10.6 Å². The lowest BCUT2D eigenvalue weighted by molar-refractivity contribution is 0.0592. The van der Waals surface area contributed by atoms with Gasteiger partial charge >= 0.3 is 5.97 Å². The van der Waals surface area contributed by atoms with E-state index in [1.54, 1.807) is 12.1 Å². The van der Waals surface area contributed by atoms with Crippen LogP contribution in [0.3, 0.4) is 0 Å². The Labute approximate surface area is 112 Å². The number of nitrogens with zero attached hydrogens (tertiary/aromatic N) is 3. The first kappa shape index (κ1) is 13.7. The molecule has 2 atom stereocenters. The Bertz CT molecular complexity index is 435. The van der Waals surface area contributed by atoms with Crippen molar-refractivity contribution in [2.75, 3.05) is 25.1 Å². The standard InChI is InChI=1S/C13H20N4O2/c1-9-4-3-7-17(11(9)8-14)12-6-5-10(15-16-12)13(18)19-2/h5-6,9,11H,3-4,7-8,14H2,1-2H3. The van der Waals surface area contributed by atoms with Crippen LogP contribution in [-0.4, -0.2) is 42.4 Å². The first-order valence-electron chi connectivity index (χ1n) is 6.56. The molecular weight excluding hydrogens is 244 g/mol. The summed E-state index contributed by atoms with van der Waals surface area (Å²) in [5.74, 6) is 0.844. The van der Waals surface area contributed by atoms with Gasteiger partial charge in [0.15, 0.2) is 11.5 Å². The summed E-state index contributed by atoms with van der Waals surface area (Å²) in [4.78, 5) is 13.5. The molecule has 1 fully saturated rings. The summed E-state index contributed by atoms with van der Waals surface area (Å²) >= 11 is 0. The highest BCUT2D eigenvalue weighted by molar-refractivity contribution is 5.86. The summed E-state index contributed by atoms with van der Waals surface area (Å²) < 4.78 is 4.61. The SMILES string of the molecule is COC(=O)c1ccc(N2CCCC(C)C2CN)nn1. The normalized spacial score (nSPS) is 23.2. The topological polar surface area (TPSA) is 81.3 Å². The molecule has 6 nitrogen and oxygen atoms in total. The van der Waals surface area contributed by atoms with Crippen molar-refractivity contribution in [3.63, 3.8) is 0 Å². The summed E-state index contributed by atoms with van der Waals surface area (Å²) in [6.07, 6.45) is 2.31. The van der Waals surface area contributed by atoms with Crippen LogP contribution in [-0.2, 0) is 4.74 Å². The third-order valence-corrected chi connectivity index (χ3v) is 3.70. The van der Waals surface area contributed by atoms with E-state index in [1.807, 2.05) is 0 Å². The van der Waals surface area contributed by atoms with Crippen molar-refractivity contribution in [2.24, 2.45) is 11.7 Å². The number of nitrogens with two attached hydrogens (primary N) is 1. The first-order chi connectivity index (χ1) is 9.17. The van der Waals surface area contributed by atoms with Gasteiger partial charge in [0, 0.05) is 19.1 Å². The smallest absolute Gasteiger partial charge is 0.358 e. The number of methoxy groups -OCH3 is 1. The Balaban J connectivity index is 2.18. The summed E-state index contributed by atoms with van der Waals surface area (Å²) in [5, 5.41) is 8.03. The quantitative estimate of drug-likeness (QED) is 0.814. The van der Waals surface area contributed by atoms with E-state index in [0.717, 1.165) is 18.8 Å². The number of hydrogen-bond donors (Lipinski definition) is 1. The molecule has 1 aliphatic heterocycles. The second kappa shape index (κ2) is 5.97. The van der Waals surface area contributed by atoms with Crippen molar-refractivity contribution >= 4 is 11.8 Å².